The smallest absolute Gasteiger partial charge is 0.0211 e. The normalized spacial score (nSPS) is 10.8. The summed E-state index contributed by atoms with van der Waals surface area (Å²) in [6.45, 7) is 8.55. The molecule has 106 valence electrons. The van der Waals surface area contributed by atoms with Crippen LogP contribution in [0.25, 0.3) is 11.1 Å². The molecule has 0 aliphatic carbocycles. The summed E-state index contributed by atoms with van der Waals surface area (Å²) in [6.07, 6.45) is 2.22. The largest absolute Gasteiger partial charge is 0.313 e. The first kappa shape index (κ1) is 14.8. The van der Waals surface area contributed by atoms with Gasteiger partial charge in [-0.15, -0.1) is 0 Å². The average Bonchev–Trinajstić information content (AvgIpc) is 2.52. The molecule has 0 spiro atoms. The summed E-state index contributed by atoms with van der Waals surface area (Å²) in [7, 11) is 0. The molecule has 0 unspecified atom stereocenters. The molecule has 0 saturated carbocycles. The zero-order valence-electron chi connectivity index (χ0n) is 12.9. The van der Waals surface area contributed by atoms with Crippen molar-refractivity contribution in [2.75, 3.05) is 6.54 Å². The Morgan fingerprint density at radius 3 is 2.25 bits per heavy atom. The Balaban J connectivity index is 2.40. The summed E-state index contributed by atoms with van der Waals surface area (Å²) in [5.74, 6) is 0. The lowest BCUT2D eigenvalue weighted by Crippen LogP contribution is -2.12. The van der Waals surface area contributed by atoms with Gasteiger partial charge in [0.05, 0.1) is 0 Å². The highest BCUT2D eigenvalue weighted by Gasteiger charge is 2.06. The third kappa shape index (κ3) is 3.29. The van der Waals surface area contributed by atoms with Crippen molar-refractivity contribution < 1.29 is 0 Å². The van der Waals surface area contributed by atoms with Crippen LogP contribution in [-0.2, 0) is 19.4 Å². The second-order valence-corrected chi connectivity index (χ2v) is 5.13. The molecule has 0 aliphatic heterocycles. The Morgan fingerprint density at radius 1 is 0.800 bits per heavy atom. The maximum Gasteiger partial charge on any atom is 0.0211 e. The fourth-order valence-electron chi connectivity index (χ4n) is 2.68. The molecule has 0 radical (unpaired) electrons. The van der Waals surface area contributed by atoms with E-state index in [0.29, 0.717) is 0 Å². The molecule has 0 atom stereocenters. The summed E-state index contributed by atoms with van der Waals surface area (Å²) < 4.78 is 0. The van der Waals surface area contributed by atoms with Gasteiger partial charge in [0.1, 0.15) is 0 Å². The van der Waals surface area contributed by atoms with E-state index < -0.39 is 0 Å². The maximum atomic E-state index is 3.43. The van der Waals surface area contributed by atoms with Gasteiger partial charge >= 0.3 is 0 Å². The lowest BCUT2D eigenvalue weighted by Gasteiger charge is -2.13. The molecular weight excluding hydrogens is 242 g/mol. The molecular formula is C19H25N. The van der Waals surface area contributed by atoms with Crippen LogP contribution in [0.2, 0.25) is 0 Å². The van der Waals surface area contributed by atoms with Gasteiger partial charge in [-0.05, 0) is 47.2 Å². The van der Waals surface area contributed by atoms with Gasteiger partial charge in [-0.1, -0.05) is 63.2 Å². The highest BCUT2D eigenvalue weighted by molar-refractivity contribution is 5.68. The van der Waals surface area contributed by atoms with Gasteiger partial charge in [0.2, 0.25) is 0 Å². The van der Waals surface area contributed by atoms with E-state index >= 15 is 0 Å². The molecule has 0 bridgehead atoms. The second kappa shape index (κ2) is 7.25. The van der Waals surface area contributed by atoms with Crippen LogP contribution in [-0.4, -0.2) is 6.54 Å². The number of nitrogens with one attached hydrogen (secondary N) is 1. The number of benzene rings is 2. The van der Waals surface area contributed by atoms with E-state index in [-0.39, 0.29) is 0 Å². The number of aryl methyl sites for hydroxylation is 2. The Morgan fingerprint density at radius 2 is 1.55 bits per heavy atom. The monoisotopic (exact) mass is 267 g/mol. The molecule has 0 aliphatic rings. The lowest BCUT2D eigenvalue weighted by molar-refractivity contribution is 0.728. The fraction of sp³-hybridized carbons (Fsp3) is 0.368. The molecule has 0 amide bonds. The number of hydrogen-bond acceptors (Lipinski definition) is 1. The van der Waals surface area contributed by atoms with Crippen LogP contribution >= 0.6 is 0 Å². The van der Waals surface area contributed by atoms with Crippen LogP contribution in [0.15, 0.2) is 42.5 Å². The second-order valence-electron chi connectivity index (χ2n) is 5.13. The van der Waals surface area contributed by atoms with E-state index in [1.165, 1.54) is 27.8 Å². The first-order valence-electron chi connectivity index (χ1n) is 7.70. The van der Waals surface area contributed by atoms with Gasteiger partial charge in [-0.25, -0.2) is 0 Å². The molecule has 1 N–H and O–H groups in total. The third-order valence-corrected chi connectivity index (χ3v) is 3.86. The van der Waals surface area contributed by atoms with E-state index in [1.54, 1.807) is 0 Å². The number of rotatable bonds is 6. The Labute approximate surface area is 123 Å². The van der Waals surface area contributed by atoms with Crippen molar-refractivity contribution in [2.24, 2.45) is 0 Å². The van der Waals surface area contributed by atoms with Crippen LogP contribution in [0, 0.1) is 0 Å². The van der Waals surface area contributed by atoms with E-state index in [2.05, 4.69) is 68.6 Å². The predicted molar refractivity (Wildman–Crippen MR) is 88.0 cm³/mol. The molecule has 2 rings (SSSR count). The van der Waals surface area contributed by atoms with Gasteiger partial charge in [0, 0.05) is 6.54 Å². The SMILES string of the molecule is CCNCc1ccccc1-c1ccc(CC)c(CC)c1. The first-order chi connectivity index (χ1) is 9.80. The van der Waals surface area contributed by atoms with Crippen molar-refractivity contribution in [3.63, 3.8) is 0 Å². The topological polar surface area (TPSA) is 12.0 Å². The fourth-order valence-corrected chi connectivity index (χ4v) is 2.68. The van der Waals surface area contributed by atoms with Crippen LogP contribution in [0.5, 0.6) is 0 Å². The molecule has 20 heavy (non-hydrogen) atoms. The van der Waals surface area contributed by atoms with E-state index in [4.69, 9.17) is 0 Å². The van der Waals surface area contributed by atoms with E-state index in [1.807, 2.05) is 0 Å². The van der Waals surface area contributed by atoms with Crippen molar-refractivity contribution in [1.82, 2.24) is 5.32 Å². The molecule has 2 aromatic carbocycles. The van der Waals surface area contributed by atoms with Gasteiger partial charge < -0.3 is 5.32 Å². The molecule has 0 heterocycles. The Bertz CT molecular complexity index is 557. The average molecular weight is 267 g/mol. The first-order valence-corrected chi connectivity index (χ1v) is 7.70. The highest BCUT2D eigenvalue weighted by Crippen LogP contribution is 2.26. The Hall–Kier alpha value is -1.60. The summed E-state index contributed by atoms with van der Waals surface area (Å²) in [6, 6.07) is 15.6. The summed E-state index contributed by atoms with van der Waals surface area (Å²) in [5, 5.41) is 3.43. The molecule has 0 saturated heterocycles. The van der Waals surface area contributed by atoms with Gasteiger partial charge in [-0.2, -0.15) is 0 Å². The summed E-state index contributed by atoms with van der Waals surface area (Å²) in [4.78, 5) is 0. The minimum atomic E-state index is 0.934. The molecule has 0 fully saturated rings. The minimum Gasteiger partial charge on any atom is -0.313 e. The van der Waals surface area contributed by atoms with Crippen LogP contribution in [0.3, 0.4) is 0 Å². The zero-order valence-corrected chi connectivity index (χ0v) is 12.9. The van der Waals surface area contributed by atoms with Crippen LogP contribution < -0.4 is 5.32 Å². The van der Waals surface area contributed by atoms with Gasteiger partial charge in [0.15, 0.2) is 0 Å². The van der Waals surface area contributed by atoms with Gasteiger partial charge in [0.25, 0.3) is 0 Å². The lowest BCUT2D eigenvalue weighted by atomic mass is 9.94. The van der Waals surface area contributed by atoms with Crippen molar-refractivity contribution in [2.45, 2.75) is 40.2 Å². The van der Waals surface area contributed by atoms with E-state index in [9.17, 15) is 0 Å². The standard InChI is InChI=1S/C19H25N/c1-4-15-11-12-17(13-16(15)5-2)19-10-8-7-9-18(19)14-20-6-3/h7-13,20H,4-6,14H2,1-3H3. The molecule has 1 heteroatoms. The maximum absolute atomic E-state index is 3.43. The van der Waals surface area contributed by atoms with Crippen molar-refractivity contribution >= 4 is 0 Å². The third-order valence-electron chi connectivity index (χ3n) is 3.86. The van der Waals surface area contributed by atoms with Crippen molar-refractivity contribution in [1.29, 1.82) is 0 Å². The zero-order chi connectivity index (χ0) is 14.4. The Kier molecular flexibility index (Phi) is 5.37. The quantitative estimate of drug-likeness (QED) is 0.807. The van der Waals surface area contributed by atoms with Crippen LogP contribution in [0.4, 0.5) is 0 Å². The van der Waals surface area contributed by atoms with Gasteiger partial charge in [-0.3, -0.25) is 0 Å². The summed E-state index contributed by atoms with van der Waals surface area (Å²) >= 11 is 0. The molecule has 2 aromatic rings. The van der Waals surface area contributed by atoms with E-state index in [0.717, 1.165) is 25.9 Å². The minimum absolute atomic E-state index is 0.934. The van der Waals surface area contributed by atoms with Crippen molar-refractivity contribution in [3.8, 4) is 11.1 Å². The number of hydrogen-bond donors (Lipinski definition) is 1. The molecule has 0 aromatic heterocycles. The predicted octanol–water partition coefficient (Wildman–Crippen LogP) is 4.59. The highest BCUT2D eigenvalue weighted by atomic mass is 14.8. The summed E-state index contributed by atoms with van der Waals surface area (Å²) in [5.41, 5.74) is 7.02. The van der Waals surface area contributed by atoms with Crippen molar-refractivity contribution in [3.05, 3.63) is 59.2 Å². The molecule has 1 nitrogen and oxygen atoms in total. The van der Waals surface area contributed by atoms with Crippen LogP contribution in [0.1, 0.15) is 37.5 Å².